The number of hydrogen-bond acceptors (Lipinski definition) is 3. The van der Waals surface area contributed by atoms with Crippen LogP contribution in [0.15, 0.2) is 36.5 Å². The summed E-state index contributed by atoms with van der Waals surface area (Å²) in [5.41, 5.74) is 4.07. The van der Waals surface area contributed by atoms with Crippen LogP contribution in [0.1, 0.15) is 32.7 Å². The van der Waals surface area contributed by atoms with Gasteiger partial charge in [-0.05, 0) is 35.7 Å². The lowest BCUT2D eigenvalue weighted by atomic mass is 10.0. The molecule has 0 spiro atoms. The summed E-state index contributed by atoms with van der Waals surface area (Å²) in [5.74, 6) is -0.320. The van der Waals surface area contributed by atoms with Crippen molar-refractivity contribution in [3.8, 4) is 0 Å². The van der Waals surface area contributed by atoms with E-state index in [2.05, 4.69) is 15.6 Å². The number of rotatable bonds is 3. The molecule has 0 radical (unpaired) electrons. The second-order valence-electron chi connectivity index (χ2n) is 6.16. The second kappa shape index (κ2) is 7.29. The number of carbonyl (C=O) groups is 1. The van der Waals surface area contributed by atoms with Crippen molar-refractivity contribution < 1.29 is 18.0 Å². The molecule has 0 bridgehead atoms. The van der Waals surface area contributed by atoms with Crippen LogP contribution in [0.3, 0.4) is 0 Å². The molecule has 2 heterocycles. The number of hydrogen-bond donors (Lipinski definition) is 2. The summed E-state index contributed by atoms with van der Waals surface area (Å²) in [7, 11) is 0. The Kier molecular flexibility index (Phi) is 5.08. The molecule has 1 aromatic heterocycles. The third-order valence-electron chi connectivity index (χ3n) is 4.13. The molecule has 4 nitrogen and oxygen atoms in total. The summed E-state index contributed by atoms with van der Waals surface area (Å²) in [5, 5.41) is 6.05. The number of aromatic nitrogens is 1. The fraction of sp³-hybridized carbons (Fsp3) is 0.263. The zero-order chi connectivity index (χ0) is 18.7. The molecule has 0 fully saturated rings. The molecule has 0 atom stereocenters. The zero-order valence-corrected chi connectivity index (χ0v) is 14.2. The fourth-order valence-electron chi connectivity index (χ4n) is 2.85. The van der Waals surface area contributed by atoms with Crippen LogP contribution in [0.2, 0.25) is 0 Å². The molecular weight excluding hydrogens is 343 g/mol. The van der Waals surface area contributed by atoms with Crippen molar-refractivity contribution in [1.29, 1.82) is 0 Å². The van der Waals surface area contributed by atoms with E-state index in [-0.39, 0.29) is 12.0 Å². The number of nitrogens with zero attached hydrogens (tertiary/aromatic N) is 1. The SMILES string of the molecule is Cc1cc(/C=C/C(F)(F)F)ccc1C(=O)Nc1cnc2c(c1)CNCC2. The lowest BCUT2D eigenvalue weighted by Crippen LogP contribution is -2.25. The largest absolute Gasteiger partial charge is 0.409 e. The number of halogens is 3. The van der Waals surface area contributed by atoms with Gasteiger partial charge in [0.15, 0.2) is 0 Å². The number of carbonyl (C=O) groups excluding carboxylic acids is 1. The number of benzene rings is 1. The molecule has 2 aromatic rings. The number of amides is 1. The van der Waals surface area contributed by atoms with Crippen LogP contribution in [-0.2, 0) is 13.0 Å². The first-order valence-electron chi connectivity index (χ1n) is 8.18. The monoisotopic (exact) mass is 361 g/mol. The van der Waals surface area contributed by atoms with Crippen molar-refractivity contribution in [1.82, 2.24) is 10.3 Å². The van der Waals surface area contributed by atoms with Gasteiger partial charge in [-0.3, -0.25) is 9.78 Å². The summed E-state index contributed by atoms with van der Waals surface area (Å²) in [4.78, 5) is 16.9. The van der Waals surface area contributed by atoms with Crippen molar-refractivity contribution in [3.63, 3.8) is 0 Å². The van der Waals surface area contributed by atoms with Crippen molar-refractivity contribution >= 4 is 17.7 Å². The maximum atomic E-state index is 12.5. The van der Waals surface area contributed by atoms with Gasteiger partial charge in [0.05, 0.1) is 11.9 Å². The van der Waals surface area contributed by atoms with Crippen molar-refractivity contribution in [2.75, 3.05) is 11.9 Å². The second-order valence-corrected chi connectivity index (χ2v) is 6.16. The predicted molar refractivity (Wildman–Crippen MR) is 93.9 cm³/mol. The van der Waals surface area contributed by atoms with E-state index in [1.807, 2.05) is 6.07 Å². The Balaban J connectivity index is 1.75. The van der Waals surface area contributed by atoms with Gasteiger partial charge in [-0.2, -0.15) is 13.2 Å². The number of pyridine rings is 1. The van der Waals surface area contributed by atoms with E-state index < -0.39 is 6.18 Å². The Morgan fingerprint density at radius 3 is 2.85 bits per heavy atom. The molecular formula is C19H18F3N3O. The van der Waals surface area contributed by atoms with Crippen LogP contribution in [0, 0.1) is 6.92 Å². The molecule has 1 aliphatic rings. The number of anilines is 1. The molecule has 0 aliphatic carbocycles. The lowest BCUT2D eigenvalue weighted by Gasteiger charge is -2.17. The van der Waals surface area contributed by atoms with Crippen LogP contribution in [0.25, 0.3) is 6.08 Å². The van der Waals surface area contributed by atoms with Gasteiger partial charge in [-0.15, -0.1) is 0 Å². The van der Waals surface area contributed by atoms with Gasteiger partial charge >= 0.3 is 6.18 Å². The first-order chi connectivity index (χ1) is 12.3. The van der Waals surface area contributed by atoms with E-state index in [1.54, 1.807) is 19.2 Å². The average molecular weight is 361 g/mol. The third-order valence-corrected chi connectivity index (χ3v) is 4.13. The van der Waals surface area contributed by atoms with Gasteiger partial charge in [-0.25, -0.2) is 0 Å². The maximum absolute atomic E-state index is 12.5. The summed E-state index contributed by atoms with van der Waals surface area (Å²) in [6.07, 6.45) is -0.727. The quantitative estimate of drug-likeness (QED) is 0.873. The Morgan fingerprint density at radius 1 is 1.31 bits per heavy atom. The topological polar surface area (TPSA) is 54.0 Å². The van der Waals surface area contributed by atoms with E-state index in [4.69, 9.17) is 0 Å². The Morgan fingerprint density at radius 2 is 2.12 bits per heavy atom. The minimum Gasteiger partial charge on any atom is -0.321 e. The van der Waals surface area contributed by atoms with Gasteiger partial charge in [0.2, 0.25) is 0 Å². The van der Waals surface area contributed by atoms with Crippen LogP contribution >= 0.6 is 0 Å². The minimum atomic E-state index is -4.36. The summed E-state index contributed by atoms with van der Waals surface area (Å²) in [6, 6.07) is 6.45. The number of fused-ring (bicyclic) bond motifs is 1. The molecule has 26 heavy (non-hydrogen) atoms. The van der Waals surface area contributed by atoms with E-state index in [1.165, 1.54) is 12.1 Å². The highest BCUT2D eigenvalue weighted by Gasteiger charge is 2.22. The third kappa shape index (κ3) is 4.49. The van der Waals surface area contributed by atoms with Gasteiger partial charge in [0.25, 0.3) is 5.91 Å². The molecule has 7 heteroatoms. The highest BCUT2D eigenvalue weighted by atomic mass is 19.4. The summed E-state index contributed by atoms with van der Waals surface area (Å²) >= 11 is 0. The molecule has 1 aliphatic heterocycles. The predicted octanol–water partition coefficient (Wildman–Crippen LogP) is 3.86. The minimum absolute atomic E-state index is 0.175. The smallest absolute Gasteiger partial charge is 0.321 e. The average Bonchev–Trinajstić information content (AvgIpc) is 2.59. The molecule has 2 N–H and O–H groups in total. The number of aryl methyl sites for hydroxylation is 1. The first kappa shape index (κ1) is 18.1. The normalized spacial score (nSPS) is 14.3. The Hall–Kier alpha value is -2.67. The molecule has 0 saturated heterocycles. The number of nitrogens with one attached hydrogen (secondary N) is 2. The van der Waals surface area contributed by atoms with E-state index in [9.17, 15) is 18.0 Å². The van der Waals surface area contributed by atoms with Gasteiger partial charge in [0.1, 0.15) is 0 Å². The van der Waals surface area contributed by atoms with Gasteiger partial charge < -0.3 is 10.6 Å². The van der Waals surface area contributed by atoms with Gasteiger partial charge in [-0.1, -0.05) is 18.2 Å². The molecule has 1 amide bonds. The van der Waals surface area contributed by atoms with Crippen molar-refractivity contribution in [2.45, 2.75) is 26.1 Å². The fourth-order valence-corrected chi connectivity index (χ4v) is 2.85. The van der Waals surface area contributed by atoms with E-state index in [0.29, 0.717) is 28.9 Å². The molecule has 0 saturated carbocycles. The standard InChI is InChI=1S/C19H18F3N3O/c1-12-8-13(4-6-19(20,21)22)2-3-16(12)18(26)25-15-9-14-10-23-7-5-17(14)24-11-15/h2-4,6,8-9,11,23H,5,7,10H2,1H3,(H,25,26)/b6-4+. The Labute approximate surface area is 149 Å². The number of alkyl halides is 3. The Bertz CT molecular complexity index is 860. The first-order valence-corrected chi connectivity index (χ1v) is 8.18. The molecule has 0 unspecified atom stereocenters. The van der Waals surface area contributed by atoms with Crippen molar-refractivity contribution in [2.24, 2.45) is 0 Å². The zero-order valence-electron chi connectivity index (χ0n) is 14.2. The van der Waals surface area contributed by atoms with E-state index >= 15 is 0 Å². The highest BCUT2D eigenvalue weighted by Crippen LogP contribution is 2.21. The van der Waals surface area contributed by atoms with Crippen LogP contribution in [0.5, 0.6) is 0 Å². The maximum Gasteiger partial charge on any atom is 0.409 e. The van der Waals surface area contributed by atoms with E-state index in [0.717, 1.165) is 30.3 Å². The summed E-state index contributed by atoms with van der Waals surface area (Å²) < 4.78 is 36.8. The van der Waals surface area contributed by atoms with Crippen LogP contribution in [0.4, 0.5) is 18.9 Å². The molecule has 3 rings (SSSR count). The molecule has 1 aromatic carbocycles. The lowest BCUT2D eigenvalue weighted by molar-refractivity contribution is -0.0790. The number of allylic oxidation sites excluding steroid dienone is 1. The van der Waals surface area contributed by atoms with Gasteiger partial charge in [0, 0.05) is 36.8 Å². The van der Waals surface area contributed by atoms with Crippen LogP contribution in [-0.4, -0.2) is 23.6 Å². The summed E-state index contributed by atoms with van der Waals surface area (Å²) in [6.45, 7) is 3.29. The van der Waals surface area contributed by atoms with Crippen LogP contribution < -0.4 is 10.6 Å². The van der Waals surface area contributed by atoms with Crippen molar-refractivity contribution in [3.05, 3.63) is 64.5 Å². The highest BCUT2D eigenvalue weighted by molar-refractivity contribution is 6.05. The molecule has 136 valence electrons.